The van der Waals surface area contributed by atoms with Crippen LogP contribution >= 0.6 is 0 Å². The van der Waals surface area contributed by atoms with Gasteiger partial charge in [-0.3, -0.25) is 4.79 Å². The number of hydrogen-bond donors (Lipinski definition) is 1. The first-order valence-electron chi connectivity index (χ1n) is 14.3. The van der Waals surface area contributed by atoms with Gasteiger partial charge in [-0.05, 0) is 79.3 Å². The third-order valence-corrected chi connectivity index (χ3v) is 8.41. The fraction of sp³-hybridized carbons (Fsp3) is 0.294. The minimum atomic E-state index is 0.0765. The molecule has 0 radical (unpaired) electrons. The summed E-state index contributed by atoms with van der Waals surface area (Å²) in [6, 6.07) is 12.7. The number of carbonyl (C=O) groups is 1. The van der Waals surface area contributed by atoms with E-state index in [1.165, 1.54) is 11.1 Å². The minimum Gasteiger partial charge on any atom is -0.491 e. The van der Waals surface area contributed by atoms with Crippen molar-refractivity contribution in [3.8, 4) is 16.9 Å². The van der Waals surface area contributed by atoms with Crippen LogP contribution in [0.15, 0.2) is 95.8 Å². The Morgan fingerprint density at radius 2 is 1.95 bits per heavy atom. The summed E-state index contributed by atoms with van der Waals surface area (Å²) in [7, 11) is 0. The standard InChI is InChI=1S/C34H34N4O2/c1-3-38-31-19-26(23-7-5-4-6-8-23)9-10-27(31)20-32(38)34(39)37-15-16-40-33-14-12-24(17-28(33)21-37)25-11-13-29-30(18-25)36-22(2)35-29/h5,7-14,17-20,27,31H,3-4,6,15-16,21H2,1-2H3,(H,35,36). The lowest BCUT2D eigenvalue weighted by Crippen LogP contribution is -2.41. The van der Waals surface area contributed by atoms with E-state index in [-0.39, 0.29) is 17.9 Å². The van der Waals surface area contributed by atoms with Gasteiger partial charge in [-0.15, -0.1) is 0 Å². The van der Waals surface area contributed by atoms with Crippen molar-refractivity contribution in [3.63, 3.8) is 0 Å². The number of hydrogen-bond acceptors (Lipinski definition) is 4. The van der Waals surface area contributed by atoms with Gasteiger partial charge < -0.3 is 19.5 Å². The number of carbonyl (C=O) groups excluding carboxylic acids is 1. The first-order chi connectivity index (χ1) is 19.6. The van der Waals surface area contributed by atoms with Crippen molar-refractivity contribution in [1.29, 1.82) is 0 Å². The topological polar surface area (TPSA) is 61.5 Å². The molecule has 2 aromatic carbocycles. The summed E-state index contributed by atoms with van der Waals surface area (Å²) in [6.45, 7) is 6.45. The number of aromatic amines is 1. The zero-order chi connectivity index (χ0) is 27.2. The number of amides is 1. The Balaban J connectivity index is 1.14. The van der Waals surface area contributed by atoms with Gasteiger partial charge in [-0.2, -0.15) is 0 Å². The maximum atomic E-state index is 14.0. The number of aromatic nitrogens is 2. The molecule has 4 aliphatic rings. The predicted octanol–water partition coefficient (Wildman–Crippen LogP) is 6.24. The van der Waals surface area contributed by atoms with Gasteiger partial charge in [0.15, 0.2) is 0 Å². The quantitative estimate of drug-likeness (QED) is 0.434. The van der Waals surface area contributed by atoms with Crippen LogP contribution in [0.5, 0.6) is 5.75 Å². The second-order valence-electron chi connectivity index (χ2n) is 11.0. The number of imidazole rings is 1. The van der Waals surface area contributed by atoms with Crippen LogP contribution in [-0.4, -0.2) is 51.4 Å². The Morgan fingerprint density at radius 3 is 2.80 bits per heavy atom. The summed E-state index contributed by atoms with van der Waals surface area (Å²) in [4.78, 5) is 26.1. The van der Waals surface area contributed by atoms with E-state index in [1.807, 2.05) is 24.0 Å². The van der Waals surface area contributed by atoms with E-state index in [0.29, 0.717) is 19.7 Å². The molecule has 40 heavy (non-hydrogen) atoms. The van der Waals surface area contributed by atoms with Gasteiger partial charge in [0, 0.05) is 24.6 Å². The van der Waals surface area contributed by atoms with Crippen molar-refractivity contribution in [2.75, 3.05) is 19.7 Å². The van der Waals surface area contributed by atoms with E-state index in [0.717, 1.165) is 64.4 Å². The molecule has 0 saturated heterocycles. The minimum absolute atomic E-state index is 0.0765. The third kappa shape index (κ3) is 4.37. The van der Waals surface area contributed by atoms with Crippen LogP contribution in [0.4, 0.5) is 0 Å². The average Bonchev–Trinajstić information content (AvgIpc) is 3.47. The van der Waals surface area contributed by atoms with Crippen LogP contribution in [0, 0.1) is 12.8 Å². The number of fused-ring (bicyclic) bond motifs is 3. The van der Waals surface area contributed by atoms with Gasteiger partial charge >= 0.3 is 0 Å². The zero-order valence-electron chi connectivity index (χ0n) is 23.1. The molecule has 202 valence electrons. The second-order valence-corrected chi connectivity index (χ2v) is 11.0. The first-order valence-corrected chi connectivity index (χ1v) is 14.3. The molecule has 2 atom stereocenters. The predicted molar refractivity (Wildman–Crippen MR) is 159 cm³/mol. The smallest absolute Gasteiger partial charge is 0.270 e. The Labute approximate surface area is 235 Å². The molecule has 0 bridgehead atoms. The molecule has 1 amide bonds. The van der Waals surface area contributed by atoms with E-state index >= 15 is 0 Å². The normalized spacial score (nSPS) is 21.8. The molecule has 3 heterocycles. The number of ether oxygens (including phenoxy) is 1. The van der Waals surface area contributed by atoms with Crippen molar-refractivity contribution in [2.45, 2.75) is 39.3 Å². The molecule has 1 N–H and O–H groups in total. The molecular weight excluding hydrogens is 496 g/mol. The maximum absolute atomic E-state index is 14.0. The van der Waals surface area contributed by atoms with Gasteiger partial charge in [-0.1, -0.05) is 48.6 Å². The largest absolute Gasteiger partial charge is 0.491 e. The van der Waals surface area contributed by atoms with Gasteiger partial charge in [-0.25, -0.2) is 4.98 Å². The molecule has 0 saturated carbocycles. The molecule has 2 aliphatic carbocycles. The van der Waals surface area contributed by atoms with Gasteiger partial charge in [0.25, 0.3) is 5.91 Å². The van der Waals surface area contributed by atoms with Crippen LogP contribution in [0.3, 0.4) is 0 Å². The average molecular weight is 531 g/mol. The summed E-state index contributed by atoms with van der Waals surface area (Å²) in [5.74, 6) is 2.04. The van der Waals surface area contributed by atoms with Crippen LogP contribution < -0.4 is 4.74 Å². The molecule has 2 aliphatic heterocycles. The SMILES string of the molecule is CCN1C(C(=O)N2CCOc3ccc(-c4ccc5nc(C)[nH]c5c4)cc3C2)=CC2C=CC(C3=CCCC=C3)=CC21. The van der Waals surface area contributed by atoms with E-state index in [9.17, 15) is 4.79 Å². The number of H-pyrrole nitrogens is 1. The van der Waals surface area contributed by atoms with Gasteiger partial charge in [0.2, 0.25) is 0 Å². The molecule has 7 rings (SSSR count). The van der Waals surface area contributed by atoms with Gasteiger partial charge in [0.05, 0.1) is 29.3 Å². The number of benzene rings is 2. The molecular formula is C34H34N4O2. The monoisotopic (exact) mass is 530 g/mol. The molecule has 1 aromatic heterocycles. The van der Waals surface area contributed by atoms with E-state index in [1.54, 1.807) is 0 Å². The second kappa shape index (κ2) is 10.0. The summed E-state index contributed by atoms with van der Waals surface area (Å²) in [5.41, 5.74) is 8.56. The number of allylic oxidation sites excluding steroid dienone is 6. The highest BCUT2D eigenvalue weighted by molar-refractivity contribution is 5.94. The lowest BCUT2D eigenvalue weighted by atomic mass is 9.88. The van der Waals surface area contributed by atoms with Crippen LogP contribution in [0.25, 0.3) is 22.2 Å². The summed E-state index contributed by atoms with van der Waals surface area (Å²) >= 11 is 0. The van der Waals surface area contributed by atoms with Gasteiger partial charge in [0.1, 0.15) is 18.2 Å². The lowest BCUT2D eigenvalue weighted by Gasteiger charge is -2.32. The van der Waals surface area contributed by atoms with Crippen LogP contribution in [-0.2, 0) is 11.3 Å². The fourth-order valence-electron chi connectivity index (χ4n) is 6.39. The fourth-order valence-corrected chi connectivity index (χ4v) is 6.39. The van der Waals surface area contributed by atoms with E-state index < -0.39 is 0 Å². The van der Waals surface area contributed by atoms with Crippen molar-refractivity contribution in [1.82, 2.24) is 19.8 Å². The summed E-state index contributed by atoms with van der Waals surface area (Å²) < 4.78 is 6.11. The van der Waals surface area contributed by atoms with Crippen molar-refractivity contribution in [3.05, 3.63) is 107 Å². The summed E-state index contributed by atoms with van der Waals surface area (Å²) in [6.07, 6.45) is 18.0. The van der Waals surface area contributed by atoms with E-state index in [4.69, 9.17) is 4.74 Å². The maximum Gasteiger partial charge on any atom is 0.270 e. The molecule has 2 unspecified atom stereocenters. The number of rotatable bonds is 4. The zero-order valence-corrected chi connectivity index (χ0v) is 23.1. The first kappa shape index (κ1) is 24.7. The Morgan fingerprint density at radius 1 is 1.07 bits per heavy atom. The molecule has 6 heteroatoms. The molecule has 3 aromatic rings. The van der Waals surface area contributed by atoms with Crippen LogP contribution in [0.1, 0.15) is 31.2 Å². The number of nitrogens with zero attached hydrogens (tertiary/aromatic N) is 3. The molecule has 0 fully saturated rings. The highest BCUT2D eigenvalue weighted by Crippen LogP contribution is 2.37. The van der Waals surface area contributed by atoms with Crippen molar-refractivity contribution in [2.24, 2.45) is 5.92 Å². The highest BCUT2D eigenvalue weighted by Gasteiger charge is 2.37. The van der Waals surface area contributed by atoms with Crippen LogP contribution in [0.2, 0.25) is 0 Å². The number of aryl methyl sites for hydroxylation is 1. The Hall–Kier alpha value is -4.32. The third-order valence-electron chi connectivity index (χ3n) is 8.41. The molecule has 6 nitrogen and oxygen atoms in total. The lowest BCUT2D eigenvalue weighted by molar-refractivity contribution is -0.129. The van der Waals surface area contributed by atoms with E-state index in [2.05, 4.69) is 88.6 Å². The summed E-state index contributed by atoms with van der Waals surface area (Å²) in [5, 5.41) is 0. The molecule has 0 spiro atoms. The van der Waals surface area contributed by atoms with Crippen molar-refractivity contribution >= 4 is 16.9 Å². The number of likely N-dealkylation sites (N-methyl/N-ethyl adjacent to an activating group) is 1. The van der Waals surface area contributed by atoms with Crippen molar-refractivity contribution < 1.29 is 9.53 Å². The number of nitrogens with one attached hydrogen (secondary N) is 1. The Bertz CT molecular complexity index is 1650. The Kier molecular flexibility index (Phi) is 6.18. The highest BCUT2D eigenvalue weighted by atomic mass is 16.5.